The maximum absolute atomic E-state index is 11.2. The number of hydrogen-bond donors (Lipinski definition) is 0. The van der Waals surface area contributed by atoms with Crippen molar-refractivity contribution in [1.82, 2.24) is 4.98 Å². The second kappa shape index (κ2) is 5.34. The minimum absolute atomic E-state index is 0.0424. The van der Waals surface area contributed by atoms with Gasteiger partial charge in [-0.1, -0.05) is 0 Å². The fourth-order valence-electron chi connectivity index (χ4n) is 1.11. The highest BCUT2D eigenvalue weighted by molar-refractivity contribution is 5.82. The van der Waals surface area contributed by atoms with Crippen molar-refractivity contribution in [3.05, 3.63) is 23.9 Å². The lowest BCUT2D eigenvalue weighted by Crippen LogP contribution is -2.09. The normalized spacial score (nSPS) is 9.86. The number of nitrogens with zero attached hydrogens (tertiary/aromatic N) is 1. The monoisotopic (exact) mass is 195 g/mol. The number of rotatable bonds is 5. The lowest BCUT2D eigenvalue weighted by molar-refractivity contribution is -0.121. The number of aromatic nitrogens is 1. The topological polar surface area (TPSA) is 48.4 Å². The van der Waals surface area contributed by atoms with Crippen LogP contribution >= 0.6 is 0 Å². The van der Waals surface area contributed by atoms with Gasteiger partial charge in [-0.25, -0.2) is 4.98 Å². The van der Waals surface area contributed by atoms with Gasteiger partial charge < -0.3 is 9.47 Å². The molecule has 0 atom stereocenters. The highest BCUT2D eigenvalue weighted by Crippen LogP contribution is 2.09. The molecule has 76 valence electrons. The Balaban J connectivity index is 2.62. The van der Waals surface area contributed by atoms with Crippen LogP contribution in [0.3, 0.4) is 0 Å². The van der Waals surface area contributed by atoms with Gasteiger partial charge in [0.15, 0.2) is 5.78 Å². The van der Waals surface area contributed by atoms with Crippen molar-refractivity contribution in [1.29, 1.82) is 0 Å². The average molecular weight is 195 g/mol. The number of pyridine rings is 1. The molecule has 1 aromatic rings. The van der Waals surface area contributed by atoms with E-state index in [0.717, 1.165) is 5.56 Å². The number of ether oxygens (including phenoxy) is 2. The summed E-state index contributed by atoms with van der Waals surface area (Å²) in [5.41, 5.74) is 0.888. The summed E-state index contributed by atoms with van der Waals surface area (Å²) in [6.45, 7) is 0.143. The molecule has 0 aliphatic carbocycles. The summed E-state index contributed by atoms with van der Waals surface area (Å²) in [4.78, 5) is 15.2. The fourth-order valence-corrected chi connectivity index (χ4v) is 1.11. The van der Waals surface area contributed by atoms with Crippen LogP contribution in [-0.4, -0.2) is 31.6 Å². The average Bonchev–Trinajstić information content (AvgIpc) is 2.18. The molecule has 0 saturated heterocycles. The molecule has 0 radical (unpaired) electrons. The largest absolute Gasteiger partial charge is 0.481 e. The van der Waals surface area contributed by atoms with Gasteiger partial charge in [0.1, 0.15) is 6.61 Å². The van der Waals surface area contributed by atoms with Crippen LogP contribution in [0.25, 0.3) is 0 Å². The number of Topliss-reactive ketones (excluding diaryl/α,β-unsaturated/α-hetero) is 1. The first-order valence-electron chi connectivity index (χ1n) is 4.26. The maximum atomic E-state index is 11.2. The Morgan fingerprint density at radius 2 is 2.29 bits per heavy atom. The van der Waals surface area contributed by atoms with Gasteiger partial charge in [-0.05, 0) is 11.6 Å². The minimum Gasteiger partial charge on any atom is -0.481 e. The van der Waals surface area contributed by atoms with Crippen LogP contribution in [0.2, 0.25) is 0 Å². The van der Waals surface area contributed by atoms with Crippen molar-refractivity contribution in [2.75, 3.05) is 20.8 Å². The first-order chi connectivity index (χ1) is 6.76. The Kier molecular flexibility index (Phi) is 4.07. The Morgan fingerprint density at radius 3 is 2.93 bits per heavy atom. The van der Waals surface area contributed by atoms with Crippen LogP contribution in [0.15, 0.2) is 18.3 Å². The van der Waals surface area contributed by atoms with Crippen LogP contribution in [0.5, 0.6) is 5.88 Å². The third kappa shape index (κ3) is 3.14. The summed E-state index contributed by atoms with van der Waals surface area (Å²) in [7, 11) is 3.05. The molecule has 0 unspecified atom stereocenters. The van der Waals surface area contributed by atoms with Crippen LogP contribution in [0, 0.1) is 0 Å². The third-order valence-corrected chi connectivity index (χ3v) is 1.72. The zero-order valence-corrected chi connectivity index (χ0v) is 8.32. The van der Waals surface area contributed by atoms with Crippen molar-refractivity contribution in [2.24, 2.45) is 0 Å². The van der Waals surface area contributed by atoms with Crippen molar-refractivity contribution < 1.29 is 14.3 Å². The molecule has 1 rings (SSSR count). The SMILES string of the molecule is COCC(=O)Cc1ccnc(OC)c1. The van der Waals surface area contributed by atoms with E-state index in [2.05, 4.69) is 4.98 Å². The van der Waals surface area contributed by atoms with Gasteiger partial charge in [0, 0.05) is 25.8 Å². The first-order valence-corrected chi connectivity index (χ1v) is 4.26. The van der Waals surface area contributed by atoms with Gasteiger partial charge in [0.25, 0.3) is 0 Å². The Morgan fingerprint density at radius 1 is 1.50 bits per heavy atom. The quantitative estimate of drug-likeness (QED) is 0.698. The van der Waals surface area contributed by atoms with E-state index in [-0.39, 0.29) is 12.4 Å². The van der Waals surface area contributed by atoms with Crippen LogP contribution in [0.4, 0.5) is 0 Å². The predicted octanol–water partition coefficient (Wildman–Crippen LogP) is 0.848. The molecule has 0 aromatic carbocycles. The van der Waals surface area contributed by atoms with Gasteiger partial charge in [0.2, 0.25) is 5.88 Å². The summed E-state index contributed by atoms with van der Waals surface area (Å²) in [5, 5.41) is 0. The van der Waals surface area contributed by atoms with Crippen molar-refractivity contribution in [3.8, 4) is 5.88 Å². The minimum atomic E-state index is 0.0424. The van der Waals surface area contributed by atoms with Gasteiger partial charge in [-0.15, -0.1) is 0 Å². The van der Waals surface area contributed by atoms with E-state index in [1.54, 1.807) is 25.4 Å². The van der Waals surface area contributed by atoms with Crippen molar-refractivity contribution >= 4 is 5.78 Å². The molecular formula is C10H13NO3. The first kappa shape index (κ1) is 10.7. The molecule has 14 heavy (non-hydrogen) atoms. The zero-order valence-electron chi connectivity index (χ0n) is 8.32. The van der Waals surface area contributed by atoms with Crippen molar-refractivity contribution in [3.63, 3.8) is 0 Å². The van der Waals surface area contributed by atoms with E-state index < -0.39 is 0 Å². The van der Waals surface area contributed by atoms with E-state index in [0.29, 0.717) is 12.3 Å². The molecule has 0 fully saturated rings. The van der Waals surface area contributed by atoms with Crippen LogP contribution < -0.4 is 4.74 Å². The predicted molar refractivity (Wildman–Crippen MR) is 51.4 cm³/mol. The molecule has 1 heterocycles. The molecule has 0 aliphatic rings. The molecule has 0 spiro atoms. The Hall–Kier alpha value is -1.42. The highest BCUT2D eigenvalue weighted by atomic mass is 16.5. The standard InChI is InChI=1S/C10H13NO3/c1-13-7-9(12)5-8-3-4-11-10(6-8)14-2/h3-4,6H,5,7H2,1-2H3. The van der Waals surface area contributed by atoms with Crippen LogP contribution in [-0.2, 0) is 16.0 Å². The lowest BCUT2D eigenvalue weighted by Gasteiger charge is -2.02. The highest BCUT2D eigenvalue weighted by Gasteiger charge is 2.04. The van der Waals surface area contributed by atoms with Gasteiger partial charge >= 0.3 is 0 Å². The van der Waals surface area contributed by atoms with E-state index in [1.807, 2.05) is 0 Å². The number of methoxy groups -OCH3 is 2. The molecule has 1 aromatic heterocycles. The molecule has 4 nitrogen and oxygen atoms in total. The molecule has 4 heteroatoms. The van der Waals surface area contributed by atoms with Crippen molar-refractivity contribution in [2.45, 2.75) is 6.42 Å². The summed E-state index contributed by atoms with van der Waals surface area (Å²) in [5.74, 6) is 0.563. The summed E-state index contributed by atoms with van der Waals surface area (Å²) >= 11 is 0. The molecule has 0 amide bonds. The number of carbonyl (C=O) groups is 1. The summed E-state index contributed by atoms with van der Waals surface area (Å²) in [6.07, 6.45) is 1.97. The Bertz CT molecular complexity index is 312. The summed E-state index contributed by atoms with van der Waals surface area (Å²) in [6, 6.07) is 3.53. The van der Waals surface area contributed by atoms with E-state index in [1.165, 1.54) is 7.11 Å². The number of hydrogen-bond acceptors (Lipinski definition) is 4. The lowest BCUT2D eigenvalue weighted by atomic mass is 10.1. The molecular weight excluding hydrogens is 182 g/mol. The smallest absolute Gasteiger partial charge is 0.213 e. The van der Waals surface area contributed by atoms with E-state index in [9.17, 15) is 4.79 Å². The second-order valence-corrected chi connectivity index (χ2v) is 2.85. The Labute approximate surface area is 82.9 Å². The zero-order chi connectivity index (χ0) is 10.4. The maximum Gasteiger partial charge on any atom is 0.213 e. The van der Waals surface area contributed by atoms with Gasteiger partial charge in [-0.2, -0.15) is 0 Å². The second-order valence-electron chi connectivity index (χ2n) is 2.85. The fraction of sp³-hybridized carbons (Fsp3) is 0.400. The number of ketones is 1. The summed E-state index contributed by atoms with van der Waals surface area (Å²) < 4.78 is 9.68. The van der Waals surface area contributed by atoms with E-state index in [4.69, 9.17) is 9.47 Å². The van der Waals surface area contributed by atoms with E-state index >= 15 is 0 Å². The molecule has 0 N–H and O–H groups in total. The van der Waals surface area contributed by atoms with Crippen LogP contribution in [0.1, 0.15) is 5.56 Å². The van der Waals surface area contributed by atoms with Gasteiger partial charge in [-0.3, -0.25) is 4.79 Å². The number of carbonyl (C=O) groups excluding carboxylic acids is 1. The molecule has 0 saturated carbocycles. The molecule has 0 bridgehead atoms. The third-order valence-electron chi connectivity index (χ3n) is 1.72. The van der Waals surface area contributed by atoms with Gasteiger partial charge in [0.05, 0.1) is 7.11 Å². The molecule has 0 aliphatic heterocycles.